The highest BCUT2D eigenvalue weighted by molar-refractivity contribution is 8.12. The van der Waals surface area contributed by atoms with Crippen LogP contribution in [0.15, 0.2) is 64.2 Å². The summed E-state index contributed by atoms with van der Waals surface area (Å²) in [4.78, 5) is 18.9. The number of hydrogen-bond donors (Lipinski definition) is 0. The van der Waals surface area contributed by atoms with Crippen molar-refractivity contribution in [2.45, 2.75) is 31.1 Å². The molecule has 24 heavy (non-hydrogen) atoms. The zero-order valence-electron chi connectivity index (χ0n) is 13.8. The summed E-state index contributed by atoms with van der Waals surface area (Å²) in [7, 11) is 0. The largest absolute Gasteiger partial charge is 0.292 e. The lowest BCUT2D eigenvalue weighted by atomic mass is 9.82. The van der Waals surface area contributed by atoms with Gasteiger partial charge < -0.3 is 0 Å². The standard InChI is InChI=1S/C20H16N2OS/c1-12-9-19(3)10-13(2)20(18(12)23)17(22-19)15(11-21)16(24-20)14-7-5-4-6-8-14/h4-10H,1-3H3. The number of dihydropyridines is 1. The quantitative estimate of drug-likeness (QED) is 0.728. The van der Waals surface area contributed by atoms with E-state index in [1.165, 1.54) is 11.8 Å². The Morgan fingerprint density at radius 1 is 1.17 bits per heavy atom. The zero-order valence-corrected chi connectivity index (χ0v) is 14.6. The number of aliphatic imine (C=N–C) groups is 1. The van der Waals surface area contributed by atoms with Crippen LogP contribution in [0.25, 0.3) is 4.91 Å². The minimum Gasteiger partial charge on any atom is -0.292 e. The number of allylic oxidation sites excluding steroid dienone is 2. The first-order valence-corrected chi connectivity index (χ1v) is 8.67. The van der Waals surface area contributed by atoms with Crippen LogP contribution in [0.1, 0.15) is 26.3 Å². The third-order valence-electron chi connectivity index (χ3n) is 4.80. The molecule has 1 aromatic rings. The summed E-state index contributed by atoms with van der Waals surface area (Å²) in [6, 6.07) is 12.1. The average molecular weight is 332 g/mol. The van der Waals surface area contributed by atoms with E-state index in [4.69, 9.17) is 4.99 Å². The first kappa shape index (κ1) is 15.2. The topological polar surface area (TPSA) is 53.2 Å². The number of carbonyl (C=O) groups excluding carboxylic acids is 1. The van der Waals surface area contributed by atoms with E-state index in [1.54, 1.807) is 0 Å². The molecule has 0 saturated heterocycles. The number of benzene rings is 1. The molecule has 2 atom stereocenters. The van der Waals surface area contributed by atoms with E-state index in [-0.39, 0.29) is 5.78 Å². The molecule has 0 aromatic heterocycles. The predicted molar refractivity (Wildman–Crippen MR) is 97.7 cm³/mol. The number of fused-ring (bicyclic) bond motifs is 1. The van der Waals surface area contributed by atoms with Crippen molar-refractivity contribution in [3.63, 3.8) is 0 Å². The maximum absolute atomic E-state index is 13.3. The van der Waals surface area contributed by atoms with Crippen LogP contribution in [-0.4, -0.2) is 21.8 Å². The van der Waals surface area contributed by atoms with Gasteiger partial charge in [0.25, 0.3) is 0 Å². The smallest absolute Gasteiger partial charge is 0.184 e. The summed E-state index contributed by atoms with van der Waals surface area (Å²) in [5.74, 6) is 0.0416. The molecule has 5 rings (SSSR count). The van der Waals surface area contributed by atoms with E-state index in [9.17, 15) is 10.1 Å². The molecule has 1 spiro atoms. The Morgan fingerprint density at radius 2 is 1.88 bits per heavy atom. The van der Waals surface area contributed by atoms with Crippen LogP contribution in [0.3, 0.4) is 0 Å². The fourth-order valence-corrected chi connectivity index (χ4v) is 5.36. The van der Waals surface area contributed by atoms with Crippen LogP contribution in [0.2, 0.25) is 0 Å². The third-order valence-corrected chi connectivity index (χ3v) is 6.45. The Bertz CT molecular complexity index is 946. The fraction of sp³-hybridized carbons (Fsp3) is 0.250. The molecule has 118 valence electrons. The van der Waals surface area contributed by atoms with Crippen molar-refractivity contribution in [3.8, 4) is 6.07 Å². The lowest BCUT2D eigenvalue weighted by molar-refractivity contribution is -0.115. The van der Waals surface area contributed by atoms with Gasteiger partial charge in [-0.15, -0.1) is 0 Å². The Morgan fingerprint density at radius 3 is 2.54 bits per heavy atom. The van der Waals surface area contributed by atoms with Crippen LogP contribution in [0, 0.1) is 11.3 Å². The molecule has 4 heteroatoms. The Balaban J connectivity index is 2.02. The minimum atomic E-state index is -0.882. The molecule has 2 bridgehead atoms. The van der Waals surface area contributed by atoms with Crippen molar-refractivity contribution in [3.05, 3.63) is 64.8 Å². The van der Waals surface area contributed by atoms with E-state index in [1.807, 2.05) is 57.2 Å². The number of nitriles is 1. The Labute approximate surface area is 145 Å². The van der Waals surface area contributed by atoms with Crippen LogP contribution in [0.4, 0.5) is 0 Å². The molecule has 0 amide bonds. The number of ketones is 1. The molecule has 3 aliphatic heterocycles. The molecular weight excluding hydrogens is 316 g/mol. The van der Waals surface area contributed by atoms with E-state index < -0.39 is 10.3 Å². The van der Waals surface area contributed by atoms with Gasteiger partial charge in [0.2, 0.25) is 0 Å². The molecule has 4 aliphatic rings. The normalized spacial score (nSPS) is 31.1. The van der Waals surface area contributed by atoms with Crippen LogP contribution >= 0.6 is 11.8 Å². The molecule has 3 nitrogen and oxygen atoms in total. The minimum absolute atomic E-state index is 0.0416. The van der Waals surface area contributed by atoms with Crippen molar-refractivity contribution < 1.29 is 4.79 Å². The van der Waals surface area contributed by atoms with E-state index in [2.05, 4.69) is 12.1 Å². The zero-order chi connectivity index (χ0) is 17.1. The van der Waals surface area contributed by atoms with Crippen molar-refractivity contribution in [1.82, 2.24) is 0 Å². The molecule has 0 radical (unpaired) electrons. The maximum Gasteiger partial charge on any atom is 0.184 e. The van der Waals surface area contributed by atoms with Crippen LogP contribution < -0.4 is 0 Å². The fourth-order valence-electron chi connectivity index (χ4n) is 3.84. The Kier molecular flexibility index (Phi) is 3.04. The number of thioether (sulfide) groups is 1. The van der Waals surface area contributed by atoms with Gasteiger partial charge in [0, 0.05) is 4.91 Å². The van der Waals surface area contributed by atoms with Crippen LogP contribution in [0.5, 0.6) is 0 Å². The molecule has 1 aromatic carbocycles. The van der Waals surface area contributed by atoms with E-state index in [0.29, 0.717) is 16.9 Å². The first-order valence-electron chi connectivity index (χ1n) is 7.85. The second-order valence-electron chi connectivity index (χ2n) is 6.64. The number of hydrogen-bond acceptors (Lipinski definition) is 4. The molecule has 3 heterocycles. The van der Waals surface area contributed by atoms with Gasteiger partial charge in [0.1, 0.15) is 10.8 Å². The van der Waals surface area contributed by atoms with Gasteiger partial charge >= 0.3 is 0 Å². The maximum atomic E-state index is 13.3. The number of rotatable bonds is 1. The molecule has 1 aliphatic carbocycles. The summed E-state index contributed by atoms with van der Waals surface area (Å²) < 4.78 is -0.882. The van der Waals surface area contributed by atoms with Crippen molar-refractivity contribution >= 4 is 28.2 Å². The highest BCUT2D eigenvalue weighted by Crippen LogP contribution is 2.57. The second kappa shape index (κ2) is 4.81. The SMILES string of the molecule is CC1=CC2(C)C=C(C)C3(SC(c4ccccc4)=C(C#N)C3=N2)C1=O. The molecule has 2 unspecified atom stereocenters. The average Bonchev–Trinajstić information content (AvgIpc) is 2.83. The summed E-state index contributed by atoms with van der Waals surface area (Å²) in [6.45, 7) is 5.81. The van der Waals surface area contributed by atoms with Gasteiger partial charge in [-0.1, -0.05) is 48.2 Å². The number of nitrogens with zero attached hydrogens (tertiary/aromatic N) is 2. The van der Waals surface area contributed by atoms with Crippen molar-refractivity contribution in [2.75, 3.05) is 0 Å². The van der Waals surface area contributed by atoms with E-state index >= 15 is 0 Å². The summed E-state index contributed by atoms with van der Waals surface area (Å²) in [5, 5.41) is 9.83. The van der Waals surface area contributed by atoms with Crippen molar-refractivity contribution in [2.24, 2.45) is 4.99 Å². The molecule has 0 fully saturated rings. The number of Topliss-reactive ketones (excluding diaryl/α,β-unsaturated/α-hetero) is 1. The van der Waals surface area contributed by atoms with Gasteiger partial charge in [-0.3, -0.25) is 9.79 Å². The van der Waals surface area contributed by atoms with E-state index in [0.717, 1.165) is 16.0 Å². The van der Waals surface area contributed by atoms with Gasteiger partial charge in [-0.05, 0) is 43.6 Å². The van der Waals surface area contributed by atoms with Crippen LogP contribution in [-0.2, 0) is 4.79 Å². The third kappa shape index (κ3) is 1.79. The molecular formula is C20H16N2OS. The summed E-state index contributed by atoms with van der Waals surface area (Å²) in [5.41, 5.74) is 3.23. The highest BCUT2D eigenvalue weighted by atomic mass is 32.2. The summed E-state index contributed by atoms with van der Waals surface area (Å²) >= 11 is 1.47. The summed E-state index contributed by atoms with van der Waals surface area (Å²) in [6.07, 6.45) is 3.97. The van der Waals surface area contributed by atoms with Gasteiger partial charge in [-0.2, -0.15) is 5.26 Å². The Hall–Kier alpha value is -2.38. The monoisotopic (exact) mass is 332 g/mol. The first-order chi connectivity index (χ1) is 11.4. The molecule has 0 saturated carbocycles. The van der Waals surface area contributed by atoms with Gasteiger partial charge in [-0.25, -0.2) is 0 Å². The number of carbonyl (C=O) groups is 1. The molecule has 0 N–H and O–H groups in total. The lowest BCUT2D eigenvalue weighted by Crippen LogP contribution is -2.45. The van der Waals surface area contributed by atoms with Crippen molar-refractivity contribution in [1.29, 1.82) is 5.26 Å². The van der Waals surface area contributed by atoms with Gasteiger partial charge in [0.15, 0.2) is 5.78 Å². The van der Waals surface area contributed by atoms with Gasteiger partial charge in [0.05, 0.1) is 16.8 Å². The predicted octanol–water partition coefficient (Wildman–Crippen LogP) is 4.10. The highest BCUT2D eigenvalue weighted by Gasteiger charge is 2.57. The lowest BCUT2D eigenvalue weighted by Gasteiger charge is -2.33. The second-order valence-corrected chi connectivity index (χ2v) is 7.86.